The Bertz CT molecular complexity index is 1260. The number of amides is 1. The standard InChI is InChI=1S/C21H20ClN3O5S/c1-30-18-10-9-15(23-20(26)11-13-25-12-5-4-8-21(25)27)14-19(18)31(28,29)24-17-7-3-2-6-16(17)22/h2-10,12,14,24H,11,13H2,1H3,(H,23,26). The number of pyridine rings is 1. The summed E-state index contributed by atoms with van der Waals surface area (Å²) in [6.45, 7) is 0.195. The molecule has 10 heteroatoms. The van der Waals surface area contributed by atoms with E-state index in [4.69, 9.17) is 16.3 Å². The van der Waals surface area contributed by atoms with Crippen LogP contribution in [0.4, 0.5) is 11.4 Å². The van der Waals surface area contributed by atoms with E-state index in [-0.39, 0.29) is 51.5 Å². The maximum Gasteiger partial charge on any atom is 0.265 e. The number of ether oxygens (including phenoxy) is 1. The van der Waals surface area contributed by atoms with Crippen LogP contribution >= 0.6 is 11.6 Å². The van der Waals surface area contributed by atoms with E-state index in [0.29, 0.717) is 0 Å². The summed E-state index contributed by atoms with van der Waals surface area (Å²) in [5.41, 5.74) is 0.276. The molecular weight excluding hydrogens is 442 g/mol. The molecule has 0 saturated heterocycles. The molecule has 8 nitrogen and oxygen atoms in total. The predicted octanol–water partition coefficient (Wildman–Crippen LogP) is 3.34. The van der Waals surface area contributed by atoms with Crippen LogP contribution in [0, 0.1) is 0 Å². The number of nitrogens with zero attached hydrogens (tertiary/aromatic N) is 1. The molecule has 2 aromatic carbocycles. The lowest BCUT2D eigenvalue weighted by Gasteiger charge is -2.14. The number of halogens is 1. The van der Waals surface area contributed by atoms with Crippen molar-refractivity contribution in [2.24, 2.45) is 0 Å². The normalized spacial score (nSPS) is 11.0. The largest absolute Gasteiger partial charge is 0.495 e. The van der Waals surface area contributed by atoms with E-state index in [2.05, 4.69) is 10.0 Å². The molecule has 0 bridgehead atoms. The summed E-state index contributed by atoms with van der Waals surface area (Å²) < 4.78 is 34.8. The summed E-state index contributed by atoms with van der Waals surface area (Å²) in [6, 6.07) is 15.4. The summed E-state index contributed by atoms with van der Waals surface area (Å²) in [7, 11) is -2.71. The number of anilines is 2. The van der Waals surface area contributed by atoms with Crippen LogP contribution < -0.4 is 20.3 Å². The van der Waals surface area contributed by atoms with Gasteiger partial charge in [0.2, 0.25) is 5.91 Å². The van der Waals surface area contributed by atoms with Crippen molar-refractivity contribution in [3.8, 4) is 5.75 Å². The maximum absolute atomic E-state index is 12.9. The highest BCUT2D eigenvalue weighted by molar-refractivity contribution is 7.92. The Morgan fingerprint density at radius 1 is 1.10 bits per heavy atom. The number of carbonyl (C=O) groups excluding carboxylic acids is 1. The lowest BCUT2D eigenvalue weighted by molar-refractivity contribution is -0.116. The number of sulfonamides is 1. The number of para-hydroxylation sites is 1. The van der Waals surface area contributed by atoms with Crippen molar-refractivity contribution in [1.82, 2.24) is 4.57 Å². The molecule has 0 radical (unpaired) electrons. The molecule has 0 spiro atoms. The van der Waals surface area contributed by atoms with E-state index in [1.54, 1.807) is 36.5 Å². The van der Waals surface area contributed by atoms with Crippen LogP contribution in [0.15, 0.2) is 76.6 Å². The fraction of sp³-hybridized carbons (Fsp3) is 0.143. The maximum atomic E-state index is 12.9. The number of aryl methyl sites for hydroxylation is 1. The molecule has 0 unspecified atom stereocenters. The van der Waals surface area contributed by atoms with Gasteiger partial charge in [0.15, 0.2) is 0 Å². The van der Waals surface area contributed by atoms with E-state index in [1.165, 1.54) is 42.0 Å². The zero-order chi connectivity index (χ0) is 22.4. The molecular formula is C21H20ClN3O5S. The van der Waals surface area contributed by atoms with E-state index in [0.717, 1.165) is 0 Å². The number of benzene rings is 2. The lowest BCUT2D eigenvalue weighted by atomic mass is 10.3. The van der Waals surface area contributed by atoms with Crippen LogP contribution in [-0.2, 0) is 21.4 Å². The Morgan fingerprint density at radius 3 is 2.55 bits per heavy atom. The van der Waals surface area contributed by atoms with Crippen molar-refractivity contribution >= 4 is 38.9 Å². The molecule has 31 heavy (non-hydrogen) atoms. The van der Waals surface area contributed by atoms with E-state index in [1.807, 2.05) is 0 Å². The first-order valence-corrected chi connectivity index (χ1v) is 11.1. The van der Waals surface area contributed by atoms with Crippen LogP contribution in [0.25, 0.3) is 0 Å². The van der Waals surface area contributed by atoms with Gasteiger partial charge in [0.05, 0.1) is 17.8 Å². The van der Waals surface area contributed by atoms with Gasteiger partial charge in [-0.1, -0.05) is 29.8 Å². The quantitative estimate of drug-likeness (QED) is 0.535. The highest BCUT2D eigenvalue weighted by Gasteiger charge is 2.22. The fourth-order valence-corrected chi connectivity index (χ4v) is 4.31. The molecule has 0 fully saturated rings. The molecule has 162 valence electrons. The molecule has 3 aromatic rings. The number of hydrogen-bond acceptors (Lipinski definition) is 5. The molecule has 0 aliphatic rings. The third kappa shape index (κ3) is 5.65. The van der Waals surface area contributed by atoms with Gasteiger partial charge in [-0.3, -0.25) is 14.3 Å². The predicted molar refractivity (Wildman–Crippen MR) is 119 cm³/mol. The second-order valence-corrected chi connectivity index (χ2v) is 8.54. The van der Waals surface area contributed by atoms with Crippen molar-refractivity contribution in [3.05, 3.63) is 82.2 Å². The molecule has 0 saturated carbocycles. The van der Waals surface area contributed by atoms with Gasteiger partial charge in [-0.05, 0) is 36.4 Å². The van der Waals surface area contributed by atoms with Crippen molar-refractivity contribution < 1.29 is 17.9 Å². The van der Waals surface area contributed by atoms with Gasteiger partial charge in [-0.25, -0.2) is 8.42 Å². The Morgan fingerprint density at radius 2 is 1.84 bits per heavy atom. The molecule has 0 atom stereocenters. The molecule has 0 aliphatic carbocycles. The highest BCUT2D eigenvalue weighted by Crippen LogP contribution is 2.30. The lowest BCUT2D eigenvalue weighted by Crippen LogP contribution is -2.22. The minimum absolute atomic E-state index is 0.0376. The Hall–Kier alpha value is -3.30. The van der Waals surface area contributed by atoms with Gasteiger partial charge >= 0.3 is 0 Å². The monoisotopic (exact) mass is 461 g/mol. The Labute approximate surface area is 184 Å². The number of carbonyl (C=O) groups is 1. The van der Waals surface area contributed by atoms with Crippen molar-refractivity contribution in [1.29, 1.82) is 0 Å². The summed E-state index contributed by atoms with van der Waals surface area (Å²) in [5, 5.41) is 2.88. The van der Waals surface area contributed by atoms with Gasteiger partial charge in [-0.15, -0.1) is 0 Å². The zero-order valence-electron chi connectivity index (χ0n) is 16.5. The summed E-state index contributed by atoms with van der Waals surface area (Å²) in [4.78, 5) is 23.9. The fourth-order valence-electron chi connectivity index (χ4n) is 2.80. The molecule has 1 heterocycles. The molecule has 2 N–H and O–H groups in total. The van der Waals surface area contributed by atoms with Gasteiger partial charge in [0, 0.05) is 30.9 Å². The van der Waals surface area contributed by atoms with Crippen LogP contribution in [-0.4, -0.2) is 26.0 Å². The van der Waals surface area contributed by atoms with E-state index in [9.17, 15) is 18.0 Å². The third-order valence-electron chi connectivity index (χ3n) is 4.33. The average molecular weight is 462 g/mol. The summed E-state index contributed by atoms with van der Waals surface area (Å²) >= 11 is 6.05. The second kappa shape index (κ2) is 9.67. The number of nitrogens with one attached hydrogen (secondary N) is 2. The highest BCUT2D eigenvalue weighted by atomic mass is 35.5. The minimum atomic E-state index is -4.05. The van der Waals surface area contributed by atoms with Gasteiger partial charge in [-0.2, -0.15) is 0 Å². The second-order valence-electron chi connectivity index (χ2n) is 6.48. The van der Waals surface area contributed by atoms with Gasteiger partial charge in [0.25, 0.3) is 15.6 Å². The van der Waals surface area contributed by atoms with Crippen molar-refractivity contribution in [3.63, 3.8) is 0 Å². The van der Waals surface area contributed by atoms with Crippen LogP contribution in [0.5, 0.6) is 5.75 Å². The summed E-state index contributed by atoms with van der Waals surface area (Å²) in [6.07, 6.45) is 1.63. The zero-order valence-corrected chi connectivity index (χ0v) is 18.1. The Balaban J connectivity index is 1.78. The number of rotatable bonds is 8. The molecule has 1 amide bonds. The minimum Gasteiger partial charge on any atom is -0.495 e. The van der Waals surface area contributed by atoms with E-state index >= 15 is 0 Å². The third-order valence-corrected chi connectivity index (χ3v) is 6.05. The summed E-state index contributed by atoms with van der Waals surface area (Å²) in [5.74, 6) is -0.267. The molecule has 1 aromatic heterocycles. The first-order chi connectivity index (χ1) is 14.8. The van der Waals surface area contributed by atoms with Crippen molar-refractivity contribution in [2.75, 3.05) is 17.1 Å². The molecule has 0 aliphatic heterocycles. The van der Waals surface area contributed by atoms with E-state index < -0.39 is 10.0 Å². The van der Waals surface area contributed by atoms with Gasteiger partial charge < -0.3 is 14.6 Å². The smallest absolute Gasteiger partial charge is 0.265 e. The van der Waals surface area contributed by atoms with Crippen molar-refractivity contribution in [2.45, 2.75) is 17.9 Å². The van der Waals surface area contributed by atoms with Crippen LogP contribution in [0.2, 0.25) is 5.02 Å². The van der Waals surface area contributed by atoms with Crippen LogP contribution in [0.1, 0.15) is 6.42 Å². The first kappa shape index (κ1) is 22.4. The topological polar surface area (TPSA) is 106 Å². The number of methoxy groups -OCH3 is 1. The molecule has 3 rings (SSSR count). The Kier molecular flexibility index (Phi) is 6.98. The van der Waals surface area contributed by atoms with Crippen LogP contribution in [0.3, 0.4) is 0 Å². The number of hydrogen-bond donors (Lipinski definition) is 2. The average Bonchev–Trinajstić information content (AvgIpc) is 2.74. The first-order valence-electron chi connectivity index (χ1n) is 9.21. The van der Waals surface area contributed by atoms with Gasteiger partial charge in [0.1, 0.15) is 10.6 Å². The number of aromatic nitrogens is 1. The SMILES string of the molecule is COc1ccc(NC(=O)CCn2ccccc2=O)cc1S(=O)(=O)Nc1ccccc1Cl.